The van der Waals surface area contributed by atoms with Crippen LogP contribution in [-0.2, 0) is 0 Å². The minimum atomic E-state index is -0.992. The predicted molar refractivity (Wildman–Crippen MR) is 59.4 cm³/mol. The van der Waals surface area contributed by atoms with Crippen molar-refractivity contribution in [2.45, 2.75) is 26.7 Å². The van der Waals surface area contributed by atoms with Crippen LogP contribution in [0.5, 0.6) is 0 Å². The molecule has 0 bridgehead atoms. The van der Waals surface area contributed by atoms with Crippen LogP contribution in [0.25, 0.3) is 0 Å². The average molecular weight is 224 g/mol. The molecule has 3 heteroatoms. The molecule has 0 saturated carbocycles. The standard InChI is InChI=1S/C13H14F2O/c1-3-9(4-2)7-13(16)10-5-6-11(14)12(15)8-10/h5-8H,3-4H2,1-2H3. The van der Waals surface area contributed by atoms with E-state index in [1.807, 2.05) is 13.8 Å². The third kappa shape index (κ3) is 2.99. The van der Waals surface area contributed by atoms with Crippen molar-refractivity contribution in [1.82, 2.24) is 0 Å². The van der Waals surface area contributed by atoms with Gasteiger partial charge in [0.05, 0.1) is 0 Å². The van der Waals surface area contributed by atoms with Gasteiger partial charge >= 0.3 is 0 Å². The predicted octanol–water partition coefficient (Wildman–Crippen LogP) is 3.89. The normalized spacial score (nSPS) is 10.0. The maximum Gasteiger partial charge on any atom is 0.185 e. The SMILES string of the molecule is CCC(=CC(=O)c1ccc(F)c(F)c1)CC. The van der Waals surface area contributed by atoms with Gasteiger partial charge in [0.2, 0.25) is 0 Å². The smallest absolute Gasteiger partial charge is 0.185 e. The maximum absolute atomic E-state index is 12.9. The van der Waals surface area contributed by atoms with Crippen molar-refractivity contribution >= 4 is 5.78 Å². The summed E-state index contributed by atoms with van der Waals surface area (Å²) in [6.45, 7) is 3.90. The average Bonchev–Trinajstić information content (AvgIpc) is 2.29. The lowest BCUT2D eigenvalue weighted by molar-refractivity contribution is 0.104. The fourth-order valence-corrected chi connectivity index (χ4v) is 1.37. The van der Waals surface area contributed by atoms with Crippen LogP contribution in [0.15, 0.2) is 29.8 Å². The Hall–Kier alpha value is -1.51. The summed E-state index contributed by atoms with van der Waals surface area (Å²) in [6.07, 6.45) is 3.06. The second-order valence-electron chi connectivity index (χ2n) is 3.50. The molecule has 1 rings (SSSR count). The van der Waals surface area contributed by atoms with Gasteiger partial charge in [-0.05, 0) is 37.1 Å². The van der Waals surface area contributed by atoms with E-state index in [2.05, 4.69) is 0 Å². The molecule has 1 nitrogen and oxygen atoms in total. The molecule has 0 atom stereocenters. The van der Waals surface area contributed by atoms with E-state index in [9.17, 15) is 13.6 Å². The van der Waals surface area contributed by atoms with Gasteiger partial charge in [-0.2, -0.15) is 0 Å². The highest BCUT2D eigenvalue weighted by Gasteiger charge is 2.08. The Kier molecular flexibility index (Phi) is 4.35. The molecule has 1 aromatic rings. The van der Waals surface area contributed by atoms with E-state index < -0.39 is 11.6 Å². The van der Waals surface area contributed by atoms with Crippen molar-refractivity contribution < 1.29 is 13.6 Å². The van der Waals surface area contributed by atoms with Gasteiger partial charge in [0.25, 0.3) is 0 Å². The molecule has 0 aromatic heterocycles. The highest BCUT2D eigenvalue weighted by Crippen LogP contribution is 2.12. The van der Waals surface area contributed by atoms with Crippen molar-refractivity contribution in [3.63, 3.8) is 0 Å². The molecule has 0 saturated heterocycles. The number of hydrogen-bond acceptors (Lipinski definition) is 1. The number of halogens is 2. The van der Waals surface area contributed by atoms with Gasteiger partial charge in [-0.3, -0.25) is 4.79 Å². The van der Waals surface area contributed by atoms with Gasteiger partial charge in [-0.1, -0.05) is 19.4 Å². The second-order valence-corrected chi connectivity index (χ2v) is 3.50. The van der Waals surface area contributed by atoms with Crippen LogP contribution < -0.4 is 0 Å². The molecular weight excluding hydrogens is 210 g/mol. The number of hydrogen-bond donors (Lipinski definition) is 0. The fraction of sp³-hybridized carbons (Fsp3) is 0.308. The fourth-order valence-electron chi connectivity index (χ4n) is 1.37. The molecule has 0 aliphatic heterocycles. The molecule has 86 valence electrons. The third-order valence-corrected chi connectivity index (χ3v) is 2.45. The van der Waals surface area contributed by atoms with Gasteiger partial charge in [0.1, 0.15) is 0 Å². The topological polar surface area (TPSA) is 17.1 Å². The summed E-state index contributed by atoms with van der Waals surface area (Å²) in [7, 11) is 0. The number of carbonyl (C=O) groups excluding carboxylic acids is 1. The highest BCUT2D eigenvalue weighted by atomic mass is 19.2. The van der Waals surface area contributed by atoms with E-state index in [-0.39, 0.29) is 11.3 Å². The van der Waals surface area contributed by atoms with E-state index in [0.717, 1.165) is 30.5 Å². The Bertz CT molecular complexity index is 416. The molecule has 0 heterocycles. The third-order valence-electron chi connectivity index (χ3n) is 2.45. The summed E-state index contributed by atoms with van der Waals surface area (Å²) >= 11 is 0. The first-order valence-electron chi connectivity index (χ1n) is 5.27. The van der Waals surface area contributed by atoms with Crippen molar-refractivity contribution in [1.29, 1.82) is 0 Å². The van der Waals surface area contributed by atoms with Crippen LogP contribution in [0.1, 0.15) is 37.0 Å². The molecule has 0 fully saturated rings. The van der Waals surface area contributed by atoms with Crippen molar-refractivity contribution in [2.24, 2.45) is 0 Å². The molecule has 0 amide bonds. The first-order chi connectivity index (χ1) is 7.58. The van der Waals surface area contributed by atoms with Crippen molar-refractivity contribution in [3.8, 4) is 0 Å². The highest BCUT2D eigenvalue weighted by molar-refractivity contribution is 6.04. The zero-order chi connectivity index (χ0) is 12.1. The summed E-state index contributed by atoms with van der Waals surface area (Å²) in [6, 6.07) is 3.19. The lowest BCUT2D eigenvalue weighted by Crippen LogP contribution is -1.98. The van der Waals surface area contributed by atoms with Crippen LogP contribution in [0.3, 0.4) is 0 Å². The summed E-state index contributed by atoms with van der Waals surface area (Å²) in [4.78, 5) is 11.7. The molecular formula is C13H14F2O. The van der Waals surface area contributed by atoms with E-state index in [4.69, 9.17) is 0 Å². The second kappa shape index (κ2) is 5.54. The van der Waals surface area contributed by atoms with Crippen molar-refractivity contribution in [3.05, 3.63) is 47.0 Å². The first-order valence-corrected chi connectivity index (χ1v) is 5.27. The number of allylic oxidation sites excluding steroid dienone is 2. The maximum atomic E-state index is 12.9. The number of benzene rings is 1. The van der Waals surface area contributed by atoms with Crippen LogP contribution in [0, 0.1) is 11.6 Å². The zero-order valence-electron chi connectivity index (χ0n) is 9.39. The van der Waals surface area contributed by atoms with Gasteiger partial charge in [-0.15, -0.1) is 0 Å². The van der Waals surface area contributed by atoms with Crippen LogP contribution in [0.2, 0.25) is 0 Å². The van der Waals surface area contributed by atoms with Gasteiger partial charge in [0.15, 0.2) is 17.4 Å². The van der Waals surface area contributed by atoms with Crippen LogP contribution >= 0.6 is 0 Å². The summed E-state index contributed by atoms with van der Waals surface area (Å²) in [5, 5.41) is 0. The Morgan fingerprint density at radius 2 is 1.81 bits per heavy atom. The quantitative estimate of drug-likeness (QED) is 0.560. The van der Waals surface area contributed by atoms with Crippen LogP contribution in [-0.4, -0.2) is 5.78 Å². The first kappa shape index (κ1) is 12.6. The zero-order valence-corrected chi connectivity index (χ0v) is 9.39. The molecule has 0 radical (unpaired) electrons. The lowest BCUT2D eigenvalue weighted by Gasteiger charge is -2.01. The van der Waals surface area contributed by atoms with Gasteiger partial charge in [0, 0.05) is 5.56 Å². The van der Waals surface area contributed by atoms with Gasteiger partial charge < -0.3 is 0 Å². The summed E-state index contributed by atoms with van der Waals surface area (Å²) in [5.41, 5.74) is 1.17. The molecule has 16 heavy (non-hydrogen) atoms. The minimum Gasteiger partial charge on any atom is -0.289 e. The Balaban J connectivity index is 2.97. The van der Waals surface area contributed by atoms with Crippen molar-refractivity contribution in [2.75, 3.05) is 0 Å². The largest absolute Gasteiger partial charge is 0.289 e. The van der Waals surface area contributed by atoms with E-state index in [1.165, 1.54) is 12.1 Å². The Labute approximate surface area is 93.8 Å². The molecule has 0 N–H and O–H groups in total. The lowest BCUT2D eigenvalue weighted by atomic mass is 10.0. The monoisotopic (exact) mass is 224 g/mol. The van der Waals surface area contributed by atoms with Gasteiger partial charge in [-0.25, -0.2) is 8.78 Å². The number of carbonyl (C=O) groups is 1. The van der Waals surface area contributed by atoms with Crippen LogP contribution in [0.4, 0.5) is 8.78 Å². The molecule has 0 aliphatic carbocycles. The number of rotatable bonds is 4. The number of ketones is 1. The summed E-state index contributed by atoms with van der Waals surface area (Å²) in [5.74, 6) is -2.21. The molecule has 1 aromatic carbocycles. The van der Waals surface area contributed by atoms with E-state index in [1.54, 1.807) is 0 Å². The minimum absolute atomic E-state index is 0.179. The van der Waals surface area contributed by atoms with E-state index in [0.29, 0.717) is 0 Å². The molecule has 0 spiro atoms. The Morgan fingerprint density at radius 1 is 1.19 bits per heavy atom. The molecule has 0 unspecified atom stereocenters. The van der Waals surface area contributed by atoms with E-state index >= 15 is 0 Å². The summed E-state index contributed by atoms with van der Waals surface area (Å²) < 4.78 is 25.5. The molecule has 0 aliphatic rings. The Morgan fingerprint density at radius 3 is 2.31 bits per heavy atom.